The van der Waals surface area contributed by atoms with E-state index in [0.717, 1.165) is 4.90 Å². The fourth-order valence-electron chi connectivity index (χ4n) is 3.96. The molecule has 1 aliphatic rings. The summed E-state index contributed by atoms with van der Waals surface area (Å²) in [4.78, 5) is 89.3. The first-order chi connectivity index (χ1) is 18.7. The summed E-state index contributed by atoms with van der Waals surface area (Å²) in [7, 11) is 1.31. The molecule has 0 aliphatic carbocycles. The quantitative estimate of drug-likeness (QED) is 0.194. The second-order valence-electron chi connectivity index (χ2n) is 8.48. The van der Waals surface area contributed by atoms with Crippen molar-refractivity contribution in [3.8, 4) is 0 Å². The summed E-state index contributed by atoms with van der Waals surface area (Å²) >= 11 is 0. The molecule has 13 heteroatoms. The number of aldehydes is 1. The van der Waals surface area contributed by atoms with Gasteiger partial charge in [-0.15, -0.1) is 0 Å². The molecular formula is C26H26N4O9. The van der Waals surface area contributed by atoms with Crippen molar-refractivity contribution in [1.29, 1.82) is 0 Å². The molecule has 0 radical (unpaired) electrons. The zero-order chi connectivity index (χ0) is 28.5. The van der Waals surface area contributed by atoms with E-state index in [1.54, 1.807) is 30.3 Å². The molecule has 2 aromatic rings. The van der Waals surface area contributed by atoms with Crippen molar-refractivity contribution in [3.63, 3.8) is 0 Å². The average Bonchev–Trinajstić information content (AvgIpc) is 3.03. The number of rotatable bonds is 11. The monoisotopic (exact) mass is 538 g/mol. The molecule has 3 N–H and O–H groups in total. The van der Waals surface area contributed by atoms with Crippen LogP contribution in [0.2, 0.25) is 0 Å². The maximum absolute atomic E-state index is 13.7. The van der Waals surface area contributed by atoms with Gasteiger partial charge in [0.25, 0.3) is 17.7 Å². The van der Waals surface area contributed by atoms with Gasteiger partial charge >= 0.3 is 5.97 Å². The van der Waals surface area contributed by atoms with Crippen molar-refractivity contribution in [1.82, 2.24) is 10.6 Å². The standard InChI is InChI=1S/C26H26N4O9/c1-39-15-22(33)29-12-18(28-25(37)24(36)16-7-3-2-4-8-16)26(38)30(20-10-6-5-9-19(20)29)13-21(32)27-17(14-31)11-23(34)35/h2-10,14,17-18H,11-13,15H2,1H3,(H,27,32)(H,28,37)(H,34,35)/t17?,18-/m0/s1. The lowest BCUT2D eigenvalue weighted by Crippen LogP contribution is -2.56. The number of hydrogen-bond acceptors (Lipinski definition) is 8. The number of Topliss-reactive ketones (excluding diaryl/α,β-unsaturated/α-hetero) is 1. The Labute approximate surface area is 222 Å². The van der Waals surface area contributed by atoms with Crippen LogP contribution < -0.4 is 20.4 Å². The summed E-state index contributed by atoms with van der Waals surface area (Å²) in [5.41, 5.74) is 0.444. The van der Waals surface area contributed by atoms with Crippen LogP contribution in [-0.2, 0) is 33.5 Å². The van der Waals surface area contributed by atoms with Gasteiger partial charge in [-0.25, -0.2) is 0 Å². The molecule has 4 amide bonds. The van der Waals surface area contributed by atoms with Gasteiger partial charge in [0.15, 0.2) is 0 Å². The van der Waals surface area contributed by atoms with Gasteiger partial charge in [0.05, 0.1) is 30.4 Å². The number of carbonyl (C=O) groups excluding carboxylic acids is 6. The highest BCUT2D eigenvalue weighted by molar-refractivity contribution is 6.43. The Morgan fingerprint density at radius 2 is 1.69 bits per heavy atom. The Morgan fingerprint density at radius 1 is 1.05 bits per heavy atom. The largest absolute Gasteiger partial charge is 0.481 e. The number of carboxylic acid groups (broad SMARTS) is 1. The predicted molar refractivity (Wildman–Crippen MR) is 136 cm³/mol. The van der Waals surface area contributed by atoms with E-state index >= 15 is 0 Å². The summed E-state index contributed by atoms with van der Waals surface area (Å²) in [5, 5.41) is 13.6. The second-order valence-corrected chi connectivity index (χ2v) is 8.48. The van der Waals surface area contributed by atoms with Crippen LogP contribution >= 0.6 is 0 Å². The number of benzene rings is 2. The van der Waals surface area contributed by atoms with Crippen molar-refractivity contribution in [2.45, 2.75) is 18.5 Å². The summed E-state index contributed by atoms with van der Waals surface area (Å²) in [6.45, 7) is -1.41. The van der Waals surface area contributed by atoms with Crippen molar-refractivity contribution in [2.24, 2.45) is 0 Å². The summed E-state index contributed by atoms with van der Waals surface area (Å²) < 4.78 is 4.95. The summed E-state index contributed by atoms with van der Waals surface area (Å²) in [5.74, 6) is -5.57. The molecule has 39 heavy (non-hydrogen) atoms. The number of ketones is 1. The molecule has 2 atom stereocenters. The first-order valence-corrected chi connectivity index (χ1v) is 11.7. The first kappa shape index (κ1) is 28.7. The minimum absolute atomic E-state index is 0.0845. The molecular weight excluding hydrogens is 512 g/mol. The lowest BCUT2D eigenvalue weighted by molar-refractivity contribution is -0.139. The Kier molecular flexibility index (Phi) is 9.59. The van der Waals surface area contributed by atoms with Crippen LogP contribution in [0, 0.1) is 0 Å². The molecule has 204 valence electrons. The zero-order valence-corrected chi connectivity index (χ0v) is 20.9. The molecule has 1 aliphatic heterocycles. The van der Waals surface area contributed by atoms with Crippen LogP contribution in [0.15, 0.2) is 54.6 Å². The molecule has 0 aromatic heterocycles. The van der Waals surface area contributed by atoms with Gasteiger partial charge in [0, 0.05) is 12.7 Å². The number of nitrogens with one attached hydrogen (secondary N) is 2. The molecule has 13 nitrogen and oxygen atoms in total. The minimum Gasteiger partial charge on any atom is -0.481 e. The van der Waals surface area contributed by atoms with Crippen molar-refractivity contribution in [3.05, 3.63) is 60.2 Å². The molecule has 0 bridgehead atoms. The van der Waals surface area contributed by atoms with Gasteiger partial charge in [0.1, 0.15) is 25.5 Å². The number of aliphatic carboxylic acids is 1. The Bertz CT molecular complexity index is 1280. The number of carboxylic acids is 1. The normalized spacial score (nSPS) is 15.4. The van der Waals surface area contributed by atoms with Crippen LogP contribution in [0.5, 0.6) is 0 Å². The van der Waals surface area contributed by atoms with Crippen molar-refractivity contribution >= 4 is 53.0 Å². The van der Waals surface area contributed by atoms with E-state index in [0.29, 0.717) is 0 Å². The number of amides is 4. The number of methoxy groups -OCH3 is 1. The van der Waals surface area contributed by atoms with Crippen molar-refractivity contribution < 1.29 is 43.4 Å². The zero-order valence-electron chi connectivity index (χ0n) is 20.9. The number of ether oxygens (including phenoxy) is 1. The lowest BCUT2D eigenvalue weighted by Gasteiger charge is -2.25. The molecule has 1 heterocycles. The van der Waals surface area contributed by atoms with Gasteiger partial charge in [-0.05, 0) is 12.1 Å². The van der Waals surface area contributed by atoms with Gasteiger partial charge in [-0.1, -0.05) is 42.5 Å². The Balaban J connectivity index is 1.96. The molecule has 3 rings (SSSR count). The third-order valence-corrected chi connectivity index (χ3v) is 5.72. The fraction of sp³-hybridized carbons (Fsp3) is 0.269. The highest BCUT2D eigenvalue weighted by Gasteiger charge is 2.38. The van der Waals surface area contributed by atoms with E-state index in [1.165, 1.54) is 36.3 Å². The highest BCUT2D eigenvalue weighted by atomic mass is 16.5. The summed E-state index contributed by atoms with van der Waals surface area (Å²) in [6.07, 6.45) is -0.410. The third kappa shape index (κ3) is 7.11. The Hall–Kier alpha value is -4.91. The maximum atomic E-state index is 13.7. The molecule has 0 saturated carbocycles. The van der Waals surface area contributed by atoms with Crippen LogP contribution in [-0.4, -0.2) is 85.7 Å². The minimum atomic E-state index is -1.45. The summed E-state index contributed by atoms with van der Waals surface area (Å²) in [6, 6.07) is 11.0. The number of fused-ring (bicyclic) bond motifs is 1. The predicted octanol–water partition coefficient (Wildman–Crippen LogP) is -0.461. The fourth-order valence-corrected chi connectivity index (χ4v) is 3.96. The van der Waals surface area contributed by atoms with Gasteiger partial charge in [-0.2, -0.15) is 0 Å². The van der Waals surface area contributed by atoms with Crippen LogP contribution in [0.3, 0.4) is 0 Å². The van der Waals surface area contributed by atoms with E-state index in [1.807, 2.05) is 0 Å². The van der Waals surface area contributed by atoms with Crippen LogP contribution in [0.1, 0.15) is 16.8 Å². The van der Waals surface area contributed by atoms with Crippen LogP contribution in [0.25, 0.3) is 0 Å². The van der Waals surface area contributed by atoms with Crippen LogP contribution in [0.4, 0.5) is 11.4 Å². The molecule has 0 spiro atoms. The van der Waals surface area contributed by atoms with Gasteiger partial charge in [0.2, 0.25) is 11.7 Å². The van der Waals surface area contributed by atoms with E-state index in [-0.39, 0.29) is 36.4 Å². The number of carbonyl (C=O) groups is 7. The smallest absolute Gasteiger partial charge is 0.305 e. The van der Waals surface area contributed by atoms with Crippen molar-refractivity contribution in [2.75, 3.05) is 36.6 Å². The van der Waals surface area contributed by atoms with E-state index in [9.17, 15) is 33.6 Å². The number of anilines is 2. The molecule has 0 saturated heterocycles. The maximum Gasteiger partial charge on any atom is 0.305 e. The molecule has 0 fully saturated rings. The Morgan fingerprint density at radius 3 is 2.31 bits per heavy atom. The highest BCUT2D eigenvalue weighted by Crippen LogP contribution is 2.33. The number of nitrogens with zero attached hydrogens (tertiary/aromatic N) is 2. The van der Waals surface area contributed by atoms with E-state index in [4.69, 9.17) is 9.84 Å². The van der Waals surface area contributed by atoms with E-state index < -0.39 is 60.4 Å². The first-order valence-electron chi connectivity index (χ1n) is 11.7. The SMILES string of the molecule is COCC(=O)N1C[C@H](NC(=O)C(=O)c2ccccc2)C(=O)N(CC(=O)NC(C=O)CC(=O)O)c2ccccc21. The topological polar surface area (TPSA) is 179 Å². The van der Waals surface area contributed by atoms with Gasteiger partial charge in [-0.3, -0.25) is 33.7 Å². The van der Waals surface area contributed by atoms with E-state index in [2.05, 4.69) is 10.6 Å². The third-order valence-electron chi connectivity index (χ3n) is 5.72. The number of hydrogen-bond donors (Lipinski definition) is 3. The second kappa shape index (κ2) is 13.1. The average molecular weight is 539 g/mol. The molecule has 2 aromatic carbocycles. The lowest BCUT2D eigenvalue weighted by atomic mass is 10.1. The number of para-hydroxylation sites is 2. The van der Waals surface area contributed by atoms with Gasteiger partial charge < -0.3 is 30.2 Å². The molecule has 1 unspecified atom stereocenters.